The van der Waals surface area contributed by atoms with Gasteiger partial charge in [0.15, 0.2) is 5.78 Å². The van der Waals surface area contributed by atoms with Crippen molar-refractivity contribution in [3.63, 3.8) is 0 Å². The molecule has 0 spiro atoms. The molecule has 2 aromatic rings. The molecule has 0 aliphatic rings. The Morgan fingerprint density at radius 3 is 2.35 bits per heavy atom. The monoisotopic (exact) mass is 226 g/mol. The van der Waals surface area contributed by atoms with Crippen LogP contribution in [0.2, 0.25) is 0 Å². The molecule has 0 aromatic heterocycles. The van der Waals surface area contributed by atoms with E-state index in [4.69, 9.17) is 4.74 Å². The van der Waals surface area contributed by atoms with Crippen LogP contribution in [0.5, 0.6) is 5.75 Å². The zero-order valence-corrected chi connectivity index (χ0v) is 9.94. The van der Waals surface area contributed by atoms with E-state index < -0.39 is 0 Å². The van der Waals surface area contributed by atoms with Gasteiger partial charge in [-0.2, -0.15) is 0 Å². The molecule has 0 aliphatic carbocycles. The molecule has 0 saturated heterocycles. The molecular formula is C15H14O2. The lowest BCUT2D eigenvalue weighted by molar-refractivity contribution is 0.101. The van der Waals surface area contributed by atoms with Crippen molar-refractivity contribution in [1.82, 2.24) is 0 Å². The Morgan fingerprint density at radius 1 is 1.06 bits per heavy atom. The molecule has 2 rings (SSSR count). The molecule has 0 saturated carbocycles. The van der Waals surface area contributed by atoms with Crippen LogP contribution in [-0.4, -0.2) is 12.9 Å². The van der Waals surface area contributed by atoms with E-state index >= 15 is 0 Å². The predicted molar refractivity (Wildman–Crippen MR) is 68.4 cm³/mol. The van der Waals surface area contributed by atoms with Crippen LogP contribution < -0.4 is 4.74 Å². The van der Waals surface area contributed by atoms with Crippen molar-refractivity contribution in [2.24, 2.45) is 0 Å². The zero-order valence-electron chi connectivity index (χ0n) is 9.94. The average Bonchev–Trinajstić information content (AvgIpc) is 2.39. The van der Waals surface area contributed by atoms with E-state index in [0.29, 0.717) is 11.3 Å². The molecule has 0 unspecified atom stereocenters. The van der Waals surface area contributed by atoms with Gasteiger partial charge in [-0.25, -0.2) is 0 Å². The van der Waals surface area contributed by atoms with Gasteiger partial charge >= 0.3 is 0 Å². The second-order valence-electron chi connectivity index (χ2n) is 3.83. The highest BCUT2D eigenvalue weighted by atomic mass is 16.5. The van der Waals surface area contributed by atoms with E-state index in [1.165, 1.54) is 0 Å². The Hall–Kier alpha value is -2.09. The largest absolute Gasteiger partial charge is 0.497 e. The van der Waals surface area contributed by atoms with Crippen molar-refractivity contribution in [2.75, 3.05) is 7.11 Å². The minimum Gasteiger partial charge on any atom is -0.497 e. The summed E-state index contributed by atoms with van der Waals surface area (Å²) in [4.78, 5) is 11.7. The van der Waals surface area contributed by atoms with Gasteiger partial charge < -0.3 is 4.74 Å². The van der Waals surface area contributed by atoms with Crippen molar-refractivity contribution in [3.05, 3.63) is 54.1 Å². The van der Waals surface area contributed by atoms with Crippen LogP contribution in [0.3, 0.4) is 0 Å². The molecular weight excluding hydrogens is 212 g/mol. The number of carbonyl (C=O) groups is 1. The minimum atomic E-state index is 0.0442. The maximum atomic E-state index is 11.7. The Morgan fingerprint density at radius 2 is 1.76 bits per heavy atom. The maximum absolute atomic E-state index is 11.7. The summed E-state index contributed by atoms with van der Waals surface area (Å²) in [5.41, 5.74) is 2.68. The molecule has 0 aliphatic heterocycles. The fourth-order valence-electron chi connectivity index (χ4n) is 1.81. The number of Topliss-reactive ketones (excluding diaryl/α,β-unsaturated/α-hetero) is 1. The first-order chi connectivity index (χ1) is 8.22. The first-order valence-corrected chi connectivity index (χ1v) is 5.47. The molecule has 86 valence electrons. The lowest BCUT2D eigenvalue weighted by Crippen LogP contribution is -1.97. The van der Waals surface area contributed by atoms with Crippen molar-refractivity contribution in [3.8, 4) is 16.9 Å². The summed E-state index contributed by atoms with van der Waals surface area (Å²) < 4.78 is 5.14. The number of benzene rings is 2. The van der Waals surface area contributed by atoms with Gasteiger partial charge in [0.2, 0.25) is 0 Å². The van der Waals surface area contributed by atoms with Gasteiger partial charge in [-0.05, 0) is 36.2 Å². The SMILES string of the molecule is COc1ccc(-c2ccccc2)c(C(C)=O)c1. The number of carbonyl (C=O) groups excluding carboxylic acids is 1. The van der Waals surface area contributed by atoms with E-state index in [1.807, 2.05) is 42.5 Å². The molecule has 17 heavy (non-hydrogen) atoms. The fraction of sp³-hybridized carbons (Fsp3) is 0.133. The van der Waals surface area contributed by atoms with Crippen LogP contribution in [0.1, 0.15) is 17.3 Å². The van der Waals surface area contributed by atoms with Gasteiger partial charge in [-0.15, -0.1) is 0 Å². The highest BCUT2D eigenvalue weighted by molar-refractivity contribution is 6.01. The normalized spacial score (nSPS) is 10.0. The molecule has 2 nitrogen and oxygen atoms in total. The average molecular weight is 226 g/mol. The molecule has 0 heterocycles. The summed E-state index contributed by atoms with van der Waals surface area (Å²) in [5.74, 6) is 0.748. The van der Waals surface area contributed by atoms with Crippen molar-refractivity contribution in [1.29, 1.82) is 0 Å². The molecule has 2 aromatic carbocycles. The molecule has 0 N–H and O–H groups in total. The first kappa shape index (κ1) is 11.4. The van der Waals surface area contributed by atoms with Crippen molar-refractivity contribution in [2.45, 2.75) is 6.92 Å². The van der Waals surface area contributed by atoms with Gasteiger partial charge in [0.1, 0.15) is 5.75 Å². The van der Waals surface area contributed by atoms with E-state index in [9.17, 15) is 4.79 Å². The third-order valence-corrected chi connectivity index (χ3v) is 2.69. The highest BCUT2D eigenvalue weighted by Crippen LogP contribution is 2.27. The lowest BCUT2D eigenvalue weighted by Gasteiger charge is -2.09. The van der Waals surface area contributed by atoms with Crippen LogP contribution in [0.4, 0.5) is 0 Å². The maximum Gasteiger partial charge on any atom is 0.160 e. The summed E-state index contributed by atoms with van der Waals surface area (Å²) in [6.45, 7) is 1.57. The van der Waals surface area contributed by atoms with Crippen LogP contribution in [0.25, 0.3) is 11.1 Å². The number of hydrogen-bond donors (Lipinski definition) is 0. The molecule has 0 amide bonds. The van der Waals surface area contributed by atoms with Gasteiger partial charge in [0.05, 0.1) is 7.11 Å². The van der Waals surface area contributed by atoms with Crippen molar-refractivity contribution < 1.29 is 9.53 Å². The Labute approximate surface area is 101 Å². The number of methoxy groups -OCH3 is 1. The smallest absolute Gasteiger partial charge is 0.160 e. The van der Waals surface area contributed by atoms with E-state index in [1.54, 1.807) is 20.1 Å². The summed E-state index contributed by atoms with van der Waals surface area (Å²) >= 11 is 0. The second-order valence-corrected chi connectivity index (χ2v) is 3.83. The second kappa shape index (κ2) is 4.83. The number of hydrogen-bond acceptors (Lipinski definition) is 2. The van der Waals surface area contributed by atoms with E-state index in [0.717, 1.165) is 11.1 Å². The number of rotatable bonds is 3. The Bertz CT molecular complexity index is 530. The number of ether oxygens (including phenoxy) is 1. The summed E-state index contributed by atoms with van der Waals surface area (Å²) in [6.07, 6.45) is 0. The number of ketones is 1. The van der Waals surface area contributed by atoms with Gasteiger partial charge in [-0.1, -0.05) is 30.3 Å². The summed E-state index contributed by atoms with van der Waals surface area (Å²) in [7, 11) is 1.60. The van der Waals surface area contributed by atoms with E-state index in [-0.39, 0.29) is 5.78 Å². The van der Waals surface area contributed by atoms with Crippen LogP contribution in [-0.2, 0) is 0 Å². The van der Waals surface area contributed by atoms with E-state index in [2.05, 4.69) is 0 Å². The summed E-state index contributed by atoms with van der Waals surface area (Å²) in [5, 5.41) is 0. The first-order valence-electron chi connectivity index (χ1n) is 5.47. The zero-order chi connectivity index (χ0) is 12.3. The van der Waals surface area contributed by atoms with Gasteiger partial charge in [0, 0.05) is 5.56 Å². The lowest BCUT2D eigenvalue weighted by atomic mass is 9.97. The standard InChI is InChI=1S/C15H14O2/c1-11(16)15-10-13(17-2)8-9-14(15)12-6-4-3-5-7-12/h3-10H,1-2H3. The van der Waals surface area contributed by atoms with Gasteiger partial charge in [0.25, 0.3) is 0 Å². The molecule has 0 atom stereocenters. The third-order valence-electron chi connectivity index (χ3n) is 2.69. The minimum absolute atomic E-state index is 0.0442. The quantitative estimate of drug-likeness (QED) is 0.748. The van der Waals surface area contributed by atoms with Gasteiger partial charge in [-0.3, -0.25) is 4.79 Å². The summed E-state index contributed by atoms with van der Waals surface area (Å²) in [6, 6.07) is 15.4. The van der Waals surface area contributed by atoms with Crippen LogP contribution in [0.15, 0.2) is 48.5 Å². The fourth-order valence-corrected chi connectivity index (χ4v) is 1.81. The van der Waals surface area contributed by atoms with Crippen LogP contribution in [0, 0.1) is 0 Å². The Balaban J connectivity index is 2.58. The molecule has 0 radical (unpaired) electrons. The third kappa shape index (κ3) is 2.36. The molecule has 0 bridgehead atoms. The van der Waals surface area contributed by atoms with Crippen molar-refractivity contribution >= 4 is 5.78 Å². The molecule has 2 heteroatoms. The Kier molecular flexibility index (Phi) is 3.24. The van der Waals surface area contributed by atoms with Crippen LogP contribution >= 0.6 is 0 Å². The topological polar surface area (TPSA) is 26.3 Å². The molecule has 0 fully saturated rings. The predicted octanol–water partition coefficient (Wildman–Crippen LogP) is 3.56. The highest BCUT2D eigenvalue weighted by Gasteiger charge is 2.10.